The van der Waals surface area contributed by atoms with Gasteiger partial charge in [0.05, 0.1) is 19.1 Å². The van der Waals surface area contributed by atoms with Crippen LogP contribution in [-0.2, 0) is 20.1 Å². The summed E-state index contributed by atoms with van der Waals surface area (Å²) in [6.45, 7) is 0.485. The maximum atomic E-state index is 12.4. The molecule has 0 aliphatic rings. The third kappa shape index (κ3) is 2.08. The summed E-state index contributed by atoms with van der Waals surface area (Å²) in [5, 5.41) is 12.8. The van der Waals surface area contributed by atoms with Gasteiger partial charge in [0.1, 0.15) is 0 Å². The number of para-hydroxylation sites is 1. The van der Waals surface area contributed by atoms with E-state index < -0.39 is 0 Å². The molecule has 0 saturated heterocycles. The Kier molecular flexibility index (Phi) is 3.03. The van der Waals surface area contributed by atoms with Crippen molar-refractivity contribution in [2.45, 2.75) is 13.1 Å². The molecule has 7 nitrogen and oxygen atoms in total. The van der Waals surface area contributed by atoms with E-state index >= 15 is 0 Å². The second kappa shape index (κ2) is 4.86. The summed E-state index contributed by atoms with van der Waals surface area (Å²) in [5.74, 6) is 0.494. The summed E-state index contributed by atoms with van der Waals surface area (Å²) < 4.78 is 1.63. The van der Waals surface area contributed by atoms with Gasteiger partial charge < -0.3 is 10.3 Å². The summed E-state index contributed by atoms with van der Waals surface area (Å²) in [5.41, 5.74) is 6.95. The molecule has 0 atom stereocenters. The second-order valence-electron chi connectivity index (χ2n) is 4.52. The van der Waals surface area contributed by atoms with Gasteiger partial charge >= 0.3 is 0 Å². The van der Waals surface area contributed by atoms with Gasteiger partial charge in [0.2, 0.25) is 0 Å². The lowest BCUT2D eigenvalue weighted by atomic mass is 10.1. The Bertz CT molecular complexity index is 819. The molecule has 0 bridgehead atoms. The number of hydrogen-bond acceptors (Lipinski definition) is 5. The molecule has 7 heteroatoms. The largest absolute Gasteiger partial charge is 0.326 e. The van der Waals surface area contributed by atoms with Gasteiger partial charge in [0.25, 0.3) is 5.56 Å². The van der Waals surface area contributed by atoms with E-state index in [1.54, 1.807) is 11.6 Å². The number of nitrogens with zero attached hydrogens (tertiary/aromatic N) is 5. The Morgan fingerprint density at radius 2 is 2.10 bits per heavy atom. The first-order valence-electron chi connectivity index (χ1n) is 6.23. The summed E-state index contributed by atoms with van der Waals surface area (Å²) in [6.07, 6.45) is 0. The number of hydrogen-bond donors (Lipinski definition) is 1. The third-order valence-corrected chi connectivity index (χ3v) is 3.15. The minimum atomic E-state index is -0.112. The molecular weight excluding hydrogens is 256 g/mol. The Balaban J connectivity index is 2.21. The zero-order chi connectivity index (χ0) is 14.1. The van der Waals surface area contributed by atoms with Crippen LogP contribution in [-0.4, -0.2) is 24.8 Å². The van der Waals surface area contributed by atoms with E-state index in [-0.39, 0.29) is 18.6 Å². The van der Waals surface area contributed by atoms with Crippen LogP contribution in [0.15, 0.2) is 35.1 Å². The summed E-state index contributed by atoms with van der Waals surface area (Å²) in [4.78, 5) is 13.8. The first-order chi connectivity index (χ1) is 9.69. The number of benzene rings is 1. The molecule has 0 amide bonds. The van der Waals surface area contributed by atoms with Crippen LogP contribution in [0.4, 0.5) is 0 Å². The van der Waals surface area contributed by atoms with Crippen LogP contribution in [0.3, 0.4) is 0 Å². The van der Waals surface area contributed by atoms with Crippen LogP contribution in [0.5, 0.6) is 0 Å². The van der Waals surface area contributed by atoms with E-state index in [4.69, 9.17) is 5.73 Å². The van der Waals surface area contributed by atoms with Crippen molar-refractivity contribution in [3.05, 3.63) is 52.1 Å². The average molecular weight is 270 g/mol. The van der Waals surface area contributed by atoms with Gasteiger partial charge in [-0.2, -0.15) is 4.80 Å². The zero-order valence-corrected chi connectivity index (χ0v) is 11.0. The molecule has 0 unspecified atom stereocenters. The molecule has 0 fully saturated rings. The zero-order valence-electron chi connectivity index (χ0n) is 11.0. The standard InChI is InChI=1S/C13H14N6O/c1-18-16-12(15-17-18)8-19-11-5-3-2-4-9(11)6-10(7-14)13(19)20/h2-6H,7-8,14H2,1H3. The van der Waals surface area contributed by atoms with Crippen molar-refractivity contribution in [1.29, 1.82) is 0 Å². The van der Waals surface area contributed by atoms with Gasteiger partial charge in [0.15, 0.2) is 5.82 Å². The van der Waals surface area contributed by atoms with Crippen molar-refractivity contribution < 1.29 is 0 Å². The van der Waals surface area contributed by atoms with Crippen LogP contribution < -0.4 is 11.3 Å². The highest BCUT2D eigenvalue weighted by molar-refractivity contribution is 5.79. The first-order valence-corrected chi connectivity index (χ1v) is 6.23. The number of tetrazole rings is 1. The highest BCUT2D eigenvalue weighted by atomic mass is 16.1. The molecule has 3 rings (SSSR count). The molecule has 0 aliphatic carbocycles. The lowest BCUT2D eigenvalue weighted by molar-refractivity contribution is 0.625. The van der Waals surface area contributed by atoms with Crippen molar-refractivity contribution in [3.8, 4) is 0 Å². The first kappa shape index (κ1) is 12.5. The molecule has 1 aromatic carbocycles. The van der Waals surface area contributed by atoms with E-state index in [2.05, 4.69) is 15.4 Å². The summed E-state index contributed by atoms with van der Waals surface area (Å²) in [7, 11) is 1.69. The van der Waals surface area contributed by atoms with Gasteiger partial charge in [-0.3, -0.25) is 4.79 Å². The van der Waals surface area contributed by atoms with Crippen molar-refractivity contribution >= 4 is 10.9 Å². The maximum Gasteiger partial charge on any atom is 0.255 e. The van der Waals surface area contributed by atoms with Gasteiger partial charge in [0, 0.05) is 12.1 Å². The fraction of sp³-hybridized carbons (Fsp3) is 0.231. The molecule has 2 heterocycles. The van der Waals surface area contributed by atoms with Crippen LogP contribution in [0.25, 0.3) is 10.9 Å². The molecule has 2 aromatic heterocycles. The number of nitrogens with two attached hydrogens (primary N) is 1. The number of fused-ring (bicyclic) bond motifs is 1. The Hall–Kier alpha value is -2.54. The molecule has 3 aromatic rings. The second-order valence-corrected chi connectivity index (χ2v) is 4.52. The highest BCUT2D eigenvalue weighted by Gasteiger charge is 2.10. The van der Waals surface area contributed by atoms with Crippen LogP contribution in [0, 0.1) is 0 Å². The number of aryl methyl sites for hydroxylation is 1. The molecule has 2 N–H and O–H groups in total. The maximum absolute atomic E-state index is 12.4. The Labute approximate surface area is 114 Å². The molecule has 102 valence electrons. The monoisotopic (exact) mass is 270 g/mol. The fourth-order valence-corrected chi connectivity index (χ4v) is 2.22. The summed E-state index contributed by atoms with van der Waals surface area (Å²) >= 11 is 0. The normalized spacial score (nSPS) is 11.1. The van der Waals surface area contributed by atoms with Crippen molar-refractivity contribution in [1.82, 2.24) is 24.8 Å². The Morgan fingerprint density at radius 1 is 1.30 bits per heavy atom. The molecule has 0 radical (unpaired) electrons. The van der Waals surface area contributed by atoms with Crippen LogP contribution >= 0.6 is 0 Å². The van der Waals surface area contributed by atoms with Gasteiger partial charge in [-0.05, 0) is 22.7 Å². The number of rotatable bonds is 3. The SMILES string of the molecule is Cn1nnc(Cn2c(=O)c(CN)cc3ccccc32)n1. The molecule has 0 spiro atoms. The molecule has 0 saturated carbocycles. The number of pyridine rings is 1. The molecule has 20 heavy (non-hydrogen) atoms. The van der Waals surface area contributed by atoms with E-state index in [0.717, 1.165) is 10.9 Å². The topological polar surface area (TPSA) is 91.6 Å². The summed E-state index contributed by atoms with van der Waals surface area (Å²) in [6, 6.07) is 9.50. The predicted molar refractivity (Wildman–Crippen MR) is 74.0 cm³/mol. The van der Waals surface area contributed by atoms with Gasteiger partial charge in [-0.25, -0.2) is 0 Å². The van der Waals surface area contributed by atoms with Crippen LogP contribution in [0.2, 0.25) is 0 Å². The molecule has 0 aliphatic heterocycles. The Morgan fingerprint density at radius 3 is 2.80 bits per heavy atom. The number of aromatic nitrogens is 5. The van der Waals surface area contributed by atoms with E-state index in [1.807, 2.05) is 30.3 Å². The van der Waals surface area contributed by atoms with Gasteiger partial charge in [-0.1, -0.05) is 18.2 Å². The van der Waals surface area contributed by atoms with E-state index in [9.17, 15) is 4.79 Å². The average Bonchev–Trinajstić information content (AvgIpc) is 2.87. The smallest absolute Gasteiger partial charge is 0.255 e. The minimum absolute atomic E-state index is 0.112. The van der Waals surface area contributed by atoms with E-state index in [0.29, 0.717) is 11.4 Å². The van der Waals surface area contributed by atoms with Crippen molar-refractivity contribution in [2.24, 2.45) is 12.8 Å². The quantitative estimate of drug-likeness (QED) is 0.725. The molecular formula is C13H14N6O. The van der Waals surface area contributed by atoms with Crippen molar-refractivity contribution in [2.75, 3.05) is 0 Å². The van der Waals surface area contributed by atoms with Crippen molar-refractivity contribution in [3.63, 3.8) is 0 Å². The lowest BCUT2D eigenvalue weighted by Crippen LogP contribution is -2.26. The van der Waals surface area contributed by atoms with E-state index in [1.165, 1.54) is 4.80 Å². The highest BCUT2D eigenvalue weighted by Crippen LogP contribution is 2.13. The lowest BCUT2D eigenvalue weighted by Gasteiger charge is -2.10. The minimum Gasteiger partial charge on any atom is -0.326 e. The fourth-order valence-electron chi connectivity index (χ4n) is 2.22. The van der Waals surface area contributed by atoms with Crippen LogP contribution in [0.1, 0.15) is 11.4 Å². The third-order valence-electron chi connectivity index (χ3n) is 3.15. The predicted octanol–water partition coefficient (Wildman–Crippen LogP) is 0.0320. The van der Waals surface area contributed by atoms with Gasteiger partial charge in [-0.15, -0.1) is 10.2 Å².